The molecule has 0 unspecified atom stereocenters. The molecule has 1 aliphatic heterocycles. The highest BCUT2D eigenvalue weighted by molar-refractivity contribution is 7.21. The molecule has 2 aromatic carbocycles. The first kappa shape index (κ1) is 21.3. The fraction of sp³-hybridized carbons (Fsp3) is 0.333. The number of nitrogens with one attached hydrogen (secondary N) is 1. The Bertz CT molecular complexity index is 1260. The van der Waals surface area contributed by atoms with Gasteiger partial charge in [-0.15, -0.1) is 22.7 Å². The largest absolute Gasteiger partial charge is 0.483 e. The van der Waals surface area contributed by atoms with E-state index >= 15 is 0 Å². The normalized spacial score (nSPS) is 15.8. The maximum atomic E-state index is 13.4. The number of thiazole rings is 1. The van der Waals surface area contributed by atoms with Crippen molar-refractivity contribution < 1.29 is 18.7 Å². The van der Waals surface area contributed by atoms with Crippen molar-refractivity contribution in [2.24, 2.45) is 0 Å². The van der Waals surface area contributed by atoms with E-state index in [-0.39, 0.29) is 23.7 Å². The number of aryl methyl sites for hydroxylation is 1. The number of carbonyl (C=O) groups is 1. The predicted octanol–water partition coefficient (Wildman–Crippen LogP) is 5.20. The molecule has 0 radical (unpaired) electrons. The second kappa shape index (κ2) is 8.77. The van der Waals surface area contributed by atoms with Gasteiger partial charge in [0.25, 0.3) is 5.91 Å². The molecule has 0 aliphatic carbocycles. The first-order chi connectivity index (χ1) is 15.5. The lowest BCUT2D eigenvalue weighted by Crippen LogP contribution is -2.45. The smallest absolute Gasteiger partial charge is 0.257 e. The second-order valence-electron chi connectivity index (χ2n) is 8.08. The van der Waals surface area contributed by atoms with Crippen LogP contribution in [0.2, 0.25) is 0 Å². The molecule has 5 rings (SSSR count). The first-order valence-corrected chi connectivity index (χ1v) is 12.2. The number of carbonyl (C=O) groups excluding carboxylic acids is 1. The summed E-state index contributed by atoms with van der Waals surface area (Å²) in [4.78, 5) is 17.3. The van der Waals surface area contributed by atoms with Crippen LogP contribution >= 0.6 is 22.7 Å². The van der Waals surface area contributed by atoms with E-state index in [1.165, 1.54) is 12.1 Å². The minimum Gasteiger partial charge on any atom is -0.483 e. The zero-order chi connectivity index (χ0) is 22.1. The van der Waals surface area contributed by atoms with Crippen LogP contribution in [0.25, 0.3) is 20.3 Å². The van der Waals surface area contributed by atoms with Crippen LogP contribution in [0, 0.1) is 12.7 Å². The number of amides is 1. The highest BCUT2D eigenvalue weighted by Crippen LogP contribution is 2.39. The summed E-state index contributed by atoms with van der Waals surface area (Å²) in [5.74, 6) is 0.259. The van der Waals surface area contributed by atoms with Crippen LogP contribution in [0.1, 0.15) is 23.4 Å². The van der Waals surface area contributed by atoms with E-state index in [0.717, 1.165) is 43.7 Å². The van der Waals surface area contributed by atoms with Crippen LogP contribution in [0.15, 0.2) is 41.8 Å². The molecule has 0 spiro atoms. The molecule has 8 heteroatoms. The Morgan fingerprint density at radius 2 is 2.03 bits per heavy atom. The van der Waals surface area contributed by atoms with Crippen molar-refractivity contribution in [1.82, 2.24) is 10.3 Å². The van der Waals surface area contributed by atoms with Gasteiger partial charge in [-0.3, -0.25) is 4.79 Å². The summed E-state index contributed by atoms with van der Waals surface area (Å²) in [7, 11) is 0. The number of halogens is 1. The molecule has 0 saturated carbocycles. The van der Waals surface area contributed by atoms with Crippen LogP contribution in [0.4, 0.5) is 4.39 Å². The van der Waals surface area contributed by atoms with Crippen LogP contribution in [0.3, 0.4) is 0 Å². The number of benzene rings is 2. The lowest BCUT2D eigenvalue weighted by molar-refractivity contribution is -0.123. The van der Waals surface area contributed by atoms with E-state index in [0.29, 0.717) is 25.5 Å². The Kier molecular flexibility index (Phi) is 5.84. The van der Waals surface area contributed by atoms with Gasteiger partial charge in [0.15, 0.2) is 6.61 Å². The molecule has 1 N–H and O–H groups in total. The first-order valence-electron chi connectivity index (χ1n) is 10.5. The summed E-state index contributed by atoms with van der Waals surface area (Å²) in [6, 6.07) is 10.5. The molecule has 166 valence electrons. The van der Waals surface area contributed by atoms with Gasteiger partial charge >= 0.3 is 0 Å². The maximum Gasteiger partial charge on any atom is 0.257 e. The quantitative estimate of drug-likeness (QED) is 0.421. The van der Waals surface area contributed by atoms with Crippen molar-refractivity contribution >= 4 is 48.9 Å². The summed E-state index contributed by atoms with van der Waals surface area (Å²) >= 11 is 3.25. The van der Waals surface area contributed by atoms with Gasteiger partial charge in [0, 0.05) is 36.6 Å². The molecule has 3 heterocycles. The van der Waals surface area contributed by atoms with Gasteiger partial charge in [0.1, 0.15) is 11.6 Å². The molecule has 0 atom stereocenters. The van der Waals surface area contributed by atoms with Crippen molar-refractivity contribution in [2.45, 2.75) is 25.2 Å². The Hall–Kier alpha value is -2.55. The number of ether oxygens (including phenoxy) is 2. The molecule has 1 aliphatic rings. The molecule has 2 aromatic heterocycles. The van der Waals surface area contributed by atoms with Gasteiger partial charge in [-0.05, 0) is 48.9 Å². The van der Waals surface area contributed by atoms with E-state index in [4.69, 9.17) is 9.47 Å². The van der Waals surface area contributed by atoms with Crippen molar-refractivity contribution in [3.8, 4) is 5.75 Å². The van der Waals surface area contributed by atoms with Crippen molar-refractivity contribution in [3.05, 3.63) is 58.2 Å². The SMILES string of the molecule is Cc1nc2c(cc(OCC(=O)NCC3(c4ccc(F)cc4)CCOCC3)c3ccsc32)s1. The fourth-order valence-corrected chi connectivity index (χ4v) is 6.13. The van der Waals surface area contributed by atoms with Gasteiger partial charge in [-0.1, -0.05) is 12.1 Å². The molecule has 0 bridgehead atoms. The number of thiophene rings is 1. The number of aromatic nitrogens is 1. The van der Waals surface area contributed by atoms with E-state index in [9.17, 15) is 9.18 Å². The highest BCUT2D eigenvalue weighted by Gasteiger charge is 2.35. The fourth-order valence-electron chi connectivity index (χ4n) is 4.30. The number of nitrogens with zero attached hydrogens (tertiary/aromatic N) is 1. The Morgan fingerprint density at radius 1 is 1.25 bits per heavy atom. The minimum atomic E-state index is -0.263. The van der Waals surface area contributed by atoms with E-state index in [1.807, 2.05) is 36.6 Å². The van der Waals surface area contributed by atoms with E-state index in [1.54, 1.807) is 22.7 Å². The minimum absolute atomic E-state index is 0.0652. The molecule has 1 amide bonds. The van der Waals surface area contributed by atoms with Crippen LogP contribution < -0.4 is 10.1 Å². The average Bonchev–Trinajstić information content (AvgIpc) is 3.43. The lowest BCUT2D eigenvalue weighted by Gasteiger charge is -2.38. The molecular formula is C24H23FN2O3S2. The molecule has 5 nitrogen and oxygen atoms in total. The third kappa shape index (κ3) is 4.10. The molecular weight excluding hydrogens is 447 g/mol. The third-order valence-electron chi connectivity index (χ3n) is 6.06. The molecule has 4 aromatic rings. The van der Waals surface area contributed by atoms with Gasteiger partial charge in [0.2, 0.25) is 0 Å². The Morgan fingerprint density at radius 3 is 2.81 bits per heavy atom. The van der Waals surface area contributed by atoms with Crippen LogP contribution in [0.5, 0.6) is 5.75 Å². The van der Waals surface area contributed by atoms with Gasteiger partial charge in [-0.25, -0.2) is 9.37 Å². The monoisotopic (exact) mass is 470 g/mol. The Balaban J connectivity index is 1.29. The second-order valence-corrected chi connectivity index (χ2v) is 10.2. The zero-order valence-electron chi connectivity index (χ0n) is 17.7. The summed E-state index contributed by atoms with van der Waals surface area (Å²) < 4.78 is 27.1. The standard InChI is InChI=1S/C24H23FN2O3S2/c1-15-27-22-20(32-15)12-19(18-6-11-31-23(18)22)30-13-21(28)26-14-24(7-9-29-10-8-24)16-2-4-17(25)5-3-16/h2-6,11-12H,7-10,13-14H2,1H3,(H,26,28). The number of hydrogen-bond acceptors (Lipinski definition) is 6. The topological polar surface area (TPSA) is 60.5 Å². The van der Waals surface area contributed by atoms with Gasteiger partial charge in [0.05, 0.1) is 19.9 Å². The number of hydrogen-bond donors (Lipinski definition) is 1. The number of fused-ring (bicyclic) bond motifs is 3. The molecule has 1 fully saturated rings. The van der Waals surface area contributed by atoms with Gasteiger partial charge in [-0.2, -0.15) is 0 Å². The van der Waals surface area contributed by atoms with Crippen molar-refractivity contribution in [3.63, 3.8) is 0 Å². The maximum absolute atomic E-state index is 13.4. The average molecular weight is 471 g/mol. The summed E-state index contributed by atoms with van der Waals surface area (Å²) in [5, 5.41) is 7.04. The Labute approximate surface area is 193 Å². The summed E-state index contributed by atoms with van der Waals surface area (Å²) in [6.45, 7) is 3.63. The van der Waals surface area contributed by atoms with Gasteiger partial charge < -0.3 is 14.8 Å². The van der Waals surface area contributed by atoms with Crippen LogP contribution in [-0.4, -0.2) is 37.3 Å². The van der Waals surface area contributed by atoms with Crippen molar-refractivity contribution in [1.29, 1.82) is 0 Å². The zero-order valence-corrected chi connectivity index (χ0v) is 19.3. The van der Waals surface area contributed by atoms with E-state index in [2.05, 4.69) is 10.3 Å². The third-order valence-corrected chi connectivity index (χ3v) is 7.90. The molecule has 1 saturated heterocycles. The summed E-state index contributed by atoms with van der Waals surface area (Å²) in [6.07, 6.45) is 1.55. The summed E-state index contributed by atoms with van der Waals surface area (Å²) in [5.41, 5.74) is 1.76. The van der Waals surface area contributed by atoms with E-state index < -0.39 is 0 Å². The molecule has 32 heavy (non-hydrogen) atoms. The predicted molar refractivity (Wildman–Crippen MR) is 126 cm³/mol. The van der Waals surface area contributed by atoms with Crippen LogP contribution in [-0.2, 0) is 14.9 Å². The lowest BCUT2D eigenvalue weighted by atomic mass is 9.74. The van der Waals surface area contributed by atoms with Crippen molar-refractivity contribution in [2.75, 3.05) is 26.4 Å². The highest BCUT2D eigenvalue weighted by atomic mass is 32.1. The number of rotatable bonds is 6.